The van der Waals surface area contributed by atoms with E-state index in [0.717, 1.165) is 31.6 Å². The van der Waals surface area contributed by atoms with Crippen LogP contribution in [0, 0.1) is 0 Å². The van der Waals surface area contributed by atoms with Gasteiger partial charge in [0.15, 0.2) is 0 Å². The average Bonchev–Trinajstić information content (AvgIpc) is 2.63. The maximum atomic E-state index is 11.9. The summed E-state index contributed by atoms with van der Waals surface area (Å²) in [5.74, 6) is -0.0192. The van der Waals surface area contributed by atoms with Crippen molar-refractivity contribution in [3.8, 4) is 0 Å². The van der Waals surface area contributed by atoms with E-state index >= 15 is 0 Å². The summed E-state index contributed by atoms with van der Waals surface area (Å²) >= 11 is 0. The Morgan fingerprint density at radius 2 is 1.79 bits per heavy atom. The van der Waals surface area contributed by atoms with Gasteiger partial charge >= 0.3 is 0 Å². The number of carbonyl (C=O) groups excluding carboxylic acids is 2. The number of nitrogens with zero attached hydrogens (tertiary/aromatic N) is 1. The summed E-state index contributed by atoms with van der Waals surface area (Å²) in [6, 6.07) is 7.80. The van der Waals surface area contributed by atoms with Gasteiger partial charge < -0.3 is 15.2 Å². The first kappa shape index (κ1) is 20.8. The van der Waals surface area contributed by atoms with Crippen LogP contribution in [0.4, 0.5) is 5.69 Å². The van der Waals surface area contributed by atoms with Crippen LogP contribution in [0.1, 0.15) is 57.9 Å². The molecule has 2 aliphatic heterocycles. The van der Waals surface area contributed by atoms with Crippen molar-refractivity contribution in [3.63, 3.8) is 0 Å². The highest BCUT2D eigenvalue weighted by atomic mass is 16.6. The normalized spacial score (nSPS) is 23.4. The average molecular weight is 389 g/mol. The fourth-order valence-corrected chi connectivity index (χ4v) is 3.73. The van der Waals surface area contributed by atoms with Crippen molar-refractivity contribution >= 4 is 17.5 Å². The van der Waals surface area contributed by atoms with Gasteiger partial charge in [-0.05, 0) is 63.6 Å². The molecule has 2 aliphatic rings. The van der Waals surface area contributed by atoms with E-state index in [1.54, 1.807) is 0 Å². The van der Waals surface area contributed by atoms with Crippen LogP contribution in [0.25, 0.3) is 0 Å². The number of aliphatic hydroxyl groups is 1. The summed E-state index contributed by atoms with van der Waals surface area (Å²) < 4.78 is 5.64. The van der Waals surface area contributed by atoms with Crippen molar-refractivity contribution in [1.82, 2.24) is 10.2 Å². The lowest BCUT2D eigenvalue weighted by Crippen LogP contribution is -2.47. The predicted molar refractivity (Wildman–Crippen MR) is 107 cm³/mol. The van der Waals surface area contributed by atoms with E-state index in [4.69, 9.17) is 4.74 Å². The third-order valence-electron chi connectivity index (χ3n) is 5.26. The molecule has 0 saturated carbocycles. The summed E-state index contributed by atoms with van der Waals surface area (Å²) in [5, 5.41) is 15.8. The number of piperidine rings is 2. The molecule has 3 N–H and O–H groups in total. The molecule has 0 bridgehead atoms. The van der Waals surface area contributed by atoms with Crippen molar-refractivity contribution in [2.45, 2.75) is 70.4 Å². The molecule has 28 heavy (non-hydrogen) atoms. The van der Waals surface area contributed by atoms with Crippen molar-refractivity contribution in [2.75, 3.05) is 18.4 Å². The molecule has 7 heteroatoms. The van der Waals surface area contributed by atoms with Crippen LogP contribution in [-0.4, -0.2) is 53.0 Å². The standard InChI is InChI=1S/C21H31N3O4/c1-21(2,3)28-20(27)24-12-10-15(11-13-24)14-4-6-16(7-5-14)22-17-8-9-18(25)23-19(17)26/h4-7,15,17,20,22,27H,8-13H2,1-3H3,(H,23,25,26). The molecule has 2 saturated heterocycles. The van der Waals surface area contributed by atoms with Gasteiger partial charge in [0.25, 0.3) is 0 Å². The molecule has 2 atom stereocenters. The number of benzene rings is 1. The van der Waals surface area contributed by atoms with Gasteiger partial charge in [0.05, 0.1) is 5.60 Å². The molecule has 2 unspecified atom stereocenters. The Kier molecular flexibility index (Phi) is 6.37. The van der Waals surface area contributed by atoms with E-state index in [1.165, 1.54) is 5.56 Å². The molecule has 2 heterocycles. The van der Waals surface area contributed by atoms with Crippen molar-refractivity contribution < 1.29 is 19.4 Å². The Morgan fingerprint density at radius 3 is 2.36 bits per heavy atom. The van der Waals surface area contributed by atoms with Crippen LogP contribution in [0.2, 0.25) is 0 Å². The summed E-state index contributed by atoms with van der Waals surface area (Å²) in [4.78, 5) is 25.1. The Hall–Kier alpha value is -1.96. The number of aliphatic hydroxyl groups excluding tert-OH is 1. The van der Waals surface area contributed by atoms with E-state index < -0.39 is 6.41 Å². The van der Waals surface area contributed by atoms with E-state index in [1.807, 2.05) is 37.8 Å². The van der Waals surface area contributed by atoms with Gasteiger partial charge in [-0.25, -0.2) is 0 Å². The molecule has 0 aromatic heterocycles. The fraction of sp³-hybridized carbons (Fsp3) is 0.619. The number of likely N-dealkylation sites (tertiary alicyclic amines) is 1. The summed E-state index contributed by atoms with van der Waals surface area (Å²) in [5.41, 5.74) is 1.77. The third kappa shape index (κ3) is 5.53. The number of ether oxygens (including phenoxy) is 1. The number of carbonyl (C=O) groups is 2. The van der Waals surface area contributed by atoms with E-state index in [9.17, 15) is 14.7 Å². The highest BCUT2D eigenvalue weighted by molar-refractivity contribution is 6.01. The Bertz CT molecular complexity index is 691. The van der Waals surface area contributed by atoms with Crippen LogP contribution in [-0.2, 0) is 14.3 Å². The van der Waals surface area contributed by atoms with Crippen LogP contribution < -0.4 is 10.6 Å². The summed E-state index contributed by atoms with van der Waals surface area (Å²) in [6.07, 6.45) is 1.95. The number of hydrogen-bond acceptors (Lipinski definition) is 6. The largest absolute Gasteiger partial charge is 0.374 e. The predicted octanol–water partition coefficient (Wildman–Crippen LogP) is 2.17. The van der Waals surface area contributed by atoms with Gasteiger partial charge in [-0.15, -0.1) is 0 Å². The van der Waals surface area contributed by atoms with E-state index in [2.05, 4.69) is 22.8 Å². The molecule has 1 aromatic rings. The second kappa shape index (κ2) is 8.59. The third-order valence-corrected chi connectivity index (χ3v) is 5.26. The van der Waals surface area contributed by atoms with Gasteiger partial charge in [-0.3, -0.25) is 19.8 Å². The molecule has 3 rings (SSSR count). The quantitative estimate of drug-likeness (QED) is 0.528. The zero-order valence-electron chi connectivity index (χ0n) is 16.9. The van der Waals surface area contributed by atoms with Crippen LogP contribution in [0.5, 0.6) is 0 Å². The lowest BCUT2D eigenvalue weighted by molar-refractivity contribution is -0.242. The van der Waals surface area contributed by atoms with Gasteiger partial charge in [0.1, 0.15) is 6.04 Å². The fourth-order valence-electron chi connectivity index (χ4n) is 3.73. The van der Waals surface area contributed by atoms with Gasteiger partial charge in [-0.2, -0.15) is 0 Å². The van der Waals surface area contributed by atoms with E-state index in [0.29, 0.717) is 18.8 Å². The van der Waals surface area contributed by atoms with Crippen molar-refractivity contribution in [2.24, 2.45) is 0 Å². The highest BCUT2D eigenvalue weighted by Crippen LogP contribution is 2.30. The monoisotopic (exact) mass is 389 g/mol. The molecule has 154 valence electrons. The first-order valence-corrected chi connectivity index (χ1v) is 10.0. The zero-order chi connectivity index (χ0) is 20.3. The van der Waals surface area contributed by atoms with Gasteiger partial charge in [-0.1, -0.05) is 12.1 Å². The minimum atomic E-state index is -0.860. The van der Waals surface area contributed by atoms with E-state index in [-0.39, 0.29) is 23.5 Å². The van der Waals surface area contributed by atoms with Gasteiger partial charge in [0.2, 0.25) is 18.2 Å². The lowest BCUT2D eigenvalue weighted by atomic mass is 9.89. The second-order valence-corrected chi connectivity index (χ2v) is 8.64. The molecule has 2 amide bonds. The second-order valence-electron chi connectivity index (χ2n) is 8.64. The number of anilines is 1. The Morgan fingerprint density at radius 1 is 1.14 bits per heavy atom. The summed E-state index contributed by atoms with van der Waals surface area (Å²) in [7, 11) is 0. The Balaban J connectivity index is 1.51. The molecule has 7 nitrogen and oxygen atoms in total. The van der Waals surface area contributed by atoms with Crippen molar-refractivity contribution in [1.29, 1.82) is 0 Å². The lowest BCUT2D eigenvalue weighted by Gasteiger charge is -2.37. The first-order valence-electron chi connectivity index (χ1n) is 10.0. The highest BCUT2D eigenvalue weighted by Gasteiger charge is 2.28. The van der Waals surface area contributed by atoms with Gasteiger partial charge in [0, 0.05) is 25.2 Å². The van der Waals surface area contributed by atoms with Crippen LogP contribution in [0.3, 0.4) is 0 Å². The first-order chi connectivity index (χ1) is 13.2. The number of amides is 2. The Labute approximate surface area is 166 Å². The molecule has 0 spiro atoms. The van der Waals surface area contributed by atoms with Crippen LogP contribution >= 0.6 is 0 Å². The smallest absolute Gasteiger partial charge is 0.249 e. The molecular formula is C21H31N3O4. The van der Waals surface area contributed by atoms with Crippen molar-refractivity contribution in [3.05, 3.63) is 29.8 Å². The number of hydrogen-bond donors (Lipinski definition) is 3. The number of rotatable bonds is 5. The number of imide groups is 1. The minimum Gasteiger partial charge on any atom is -0.374 e. The number of nitrogens with one attached hydrogen (secondary N) is 2. The minimum absolute atomic E-state index is 0.206. The summed E-state index contributed by atoms with van der Waals surface area (Å²) in [6.45, 7) is 7.39. The molecular weight excluding hydrogens is 358 g/mol. The molecule has 0 aliphatic carbocycles. The molecule has 2 fully saturated rings. The SMILES string of the molecule is CC(C)(C)OC(O)N1CCC(c2ccc(NC3CCC(=O)NC3=O)cc2)CC1. The molecule has 1 aromatic carbocycles. The maximum Gasteiger partial charge on any atom is 0.249 e. The molecule has 0 radical (unpaired) electrons. The maximum absolute atomic E-state index is 11.9. The topological polar surface area (TPSA) is 90.9 Å². The van der Waals surface area contributed by atoms with Crippen LogP contribution in [0.15, 0.2) is 24.3 Å². The zero-order valence-corrected chi connectivity index (χ0v) is 16.9.